The second kappa shape index (κ2) is 11.2. The summed E-state index contributed by atoms with van der Waals surface area (Å²) in [5.41, 5.74) is 2.59. The Morgan fingerprint density at radius 3 is 1.28 bits per heavy atom. The van der Waals surface area contributed by atoms with Crippen molar-refractivity contribution in [2.24, 2.45) is 0 Å². The Hall–Kier alpha value is -5.89. The van der Waals surface area contributed by atoms with E-state index in [0.717, 1.165) is 60.9 Å². The van der Waals surface area contributed by atoms with Gasteiger partial charge in [0.2, 0.25) is 17.8 Å². The zero-order valence-corrected chi connectivity index (χ0v) is 23.6. The highest BCUT2D eigenvalue weighted by Gasteiger charge is 2.14. The van der Waals surface area contributed by atoms with Crippen LogP contribution >= 0.6 is 0 Å². The molecule has 8 nitrogen and oxygen atoms in total. The zero-order chi connectivity index (χ0) is 29.2. The highest BCUT2D eigenvalue weighted by molar-refractivity contribution is 6.00. The molecule has 0 amide bonds. The Morgan fingerprint density at radius 2 is 0.791 bits per heavy atom. The summed E-state index contributed by atoms with van der Waals surface area (Å²) in [6, 6.07) is 38.2. The predicted octanol–water partition coefficient (Wildman–Crippen LogP) is 8.58. The molecule has 0 aliphatic rings. The number of fused-ring (bicyclic) bond motifs is 3. The van der Waals surface area contributed by atoms with Crippen molar-refractivity contribution in [2.75, 3.05) is 30.2 Å². The monoisotopic (exact) mass is 564 g/mol. The van der Waals surface area contributed by atoms with Gasteiger partial charge in [0.05, 0.1) is 14.2 Å². The first-order valence-corrected chi connectivity index (χ1v) is 13.9. The summed E-state index contributed by atoms with van der Waals surface area (Å²) < 4.78 is 11.2. The van der Waals surface area contributed by atoms with Crippen LogP contribution in [0.5, 0.6) is 11.5 Å². The maximum atomic E-state index is 5.59. The van der Waals surface area contributed by atoms with Gasteiger partial charge in [-0.2, -0.15) is 15.0 Å². The highest BCUT2D eigenvalue weighted by Crippen LogP contribution is 2.35. The fourth-order valence-corrected chi connectivity index (χ4v) is 5.36. The quantitative estimate of drug-likeness (QED) is 0.169. The van der Waals surface area contributed by atoms with Gasteiger partial charge in [0.25, 0.3) is 0 Å². The number of ether oxygens (including phenoxy) is 2. The van der Waals surface area contributed by atoms with Gasteiger partial charge in [0.15, 0.2) is 0 Å². The standard InChI is InChI=1S/C35H28N6O2/c1-42-31-20-18-29(24-13-5-7-15-26(24)31)37-34-39-33(36-28-17-9-11-22-10-3-4-12-23(22)28)40-35(41-34)38-30-19-21-32(43-2)27-16-8-6-14-25(27)30/h3-21H,1-2H3,(H3,36,37,38,39,40,41). The lowest BCUT2D eigenvalue weighted by molar-refractivity contribution is 0.420. The molecule has 7 rings (SSSR count). The molecule has 0 saturated carbocycles. The molecule has 7 aromatic rings. The number of rotatable bonds is 8. The van der Waals surface area contributed by atoms with E-state index in [1.54, 1.807) is 14.2 Å². The molecule has 0 aliphatic heterocycles. The minimum atomic E-state index is 0.383. The van der Waals surface area contributed by atoms with Gasteiger partial charge in [-0.05, 0) is 35.7 Å². The summed E-state index contributed by atoms with van der Waals surface area (Å²) in [5.74, 6) is 2.75. The van der Waals surface area contributed by atoms with Gasteiger partial charge in [-0.1, -0.05) is 84.9 Å². The van der Waals surface area contributed by atoms with Crippen LogP contribution in [-0.2, 0) is 0 Å². The van der Waals surface area contributed by atoms with E-state index >= 15 is 0 Å². The Kier molecular flexibility index (Phi) is 6.77. The van der Waals surface area contributed by atoms with Crippen LogP contribution in [0.3, 0.4) is 0 Å². The van der Waals surface area contributed by atoms with Crippen LogP contribution in [0.15, 0.2) is 115 Å². The third-order valence-electron chi connectivity index (χ3n) is 7.37. The number of nitrogens with zero attached hydrogens (tertiary/aromatic N) is 3. The second-order valence-electron chi connectivity index (χ2n) is 9.93. The summed E-state index contributed by atoms with van der Waals surface area (Å²) >= 11 is 0. The van der Waals surface area contributed by atoms with Crippen LogP contribution in [0.25, 0.3) is 32.3 Å². The molecule has 8 heteroatoms. The van der Waals surface area contributed by atoms with Gasteiger partial charge in [-0.25, -0.2) is 0 Å². The summed E-state index contributed by atoms with van der Waals surface area (Å²) in [4.78, 5) is 14.3. The van der Waals surface area contributed by atoms with Crippen LogP contribution < -0.4 is 25.4 Å². The third kappa shape index (κ3) is 5.06. The highest BCUT2D eigenvalue weighted by atomic mass is 16.5. The van der Waals surface area contributed by atoms with Crippen molar-refractivity contribution in [2.45, 2.75) is 0 Å². The Balaban J connectivity index is 1.32. The minimum Gasteiger partial charge on any atom is -0.496 e. The van der Waals surface area contributed by atoms with Crippen molar-refractivity contribution in [3.05, 3.63) is 115 Å². The molecule has 0 radical (unpaired) electrons. The molecule has 1 aromatic heterocycles. The summed E-state index contributed by atoms with van der Waals surface area (Å²) in [5, 5.41) is 16.4. The van der Waals surface area contributed by atoms with Crippen molar-refractivity contribution >= 4 is 67.2 Å². The summed E-state index contributed by atoms with van der Waals surface area (Å²) in [6.07, 6.45) is 0. The number of aromatic nitrogens is 3. The van der Waals surface area contributed by atoms with Gasteiger partial charge >= 0.3 is 0 Å². The molecule has 0 bridgehead atoms. The third-order valence-corrected chi connectivity index (χ3v) is 7.37. The molecule has 0 saturated heterocycles. The van der Waals surface area contributed by atoms with E-state index in [4.69, 9.17) is 24.4 Å². The van der Waals surface area contributed by atoms with Gasteiger partial charge in [-0.15, -0.1) is 0 Å². The Bertz CT molecular complexity index is 2000. The number of anilines is 6. The predicted molar refractivity (Wildman–Crippen MR) is 175 cm³/mol. The van der Waals surface area contributed by atoms with E-state index in [9.17, 15) is 0 Å². The Labute approximate surface area is 248 Å². The fourth-order valence-electron chi connectivity index (χ4n) is 5.36. The normalized spacial score (nSPS) is 11.0. The smallest absolute Gasteiger partial charge is 0.233 e. The first-order chi connectivity index (χ1) is 21.2. The van der Waals surface area contributed by atoms with Crippen LogP contribution in [0.4, 0.5) is 34.9 Å². The van der Waals surface area contributed by atoms with Crippen LogP contribution in [0, 0.1) is 0 Å². The van der Waals surface area contributed by atoms with Gasteiger partial charge < -0.3 is 25.4 Å². The topological polar surface area (TPSA) is 93.2 Å². The Morgan fingerprint density at radius 1 is 0.395 bits per heavy atom. The first kappa shape index (κ1) is 26.0. The van der Waals surface area contributed by atoms with E-state index in [-0.39, 0.29) is 0 Å². The van der Waals surface area contributed by atoms with Crippen molar-refractivity contribution in [3.8, 4) is 11.5 Å². The molecule has 0 spiro atoms. The van der Waals surface area contributed by atoms with E-state index in [1.165, 1.54) is 0 Å². The average molecular weight is 565 g/mol. The van der Waals surface area contributed by atoms with Crippen molar-refractivity contribution in [1.29, 1.82) is 0 Å². The number of hydrogen-bond donors (Lipinski definition) is 3. The molecule has 1 heterocycles. The molecular weight excluding hydrogens is 536 g/mol. The first-order valence-electron chi connectivity index (χ1n) is 13.9. The lowest BCUT2D eigenvalue weighted by atomic mass is 10.1. The molecule has 3 N–H and O–H groups in total. The van der Waals surface area contributed by atoms with Gasteiger partial charge in [0, 0.05) is 44.0 Å². The fraction of sp³-hybridized carbons (Fsp3) is 0.0571. The lowest BCUT2D eigenvalue weighted by Crippen LogP contribution is -2.08. The molecular formula is C35H28N6O2. The van der Waals surface area contributed by atoms with Crippen molar-refractivity contribution < 1.29 is 9.47 Å². The molecule has 210 valence electrons. The van der Waals surface area contributed by atoms with E-state index < -0.39 is 0 Å². The summed E-state index contributed by atoms with van der Waals surface area (Å²) in [7, 11) is 3.35. The van der Waals surface area contributed by atoms with Crippen LogP contribution in [0.2, 0.25) is 0 Å². The van der Waals surface area contributed by atoms with Gasteiger partial charge in [0.1, 0.15) is 11.5 Å². The molecule has 0 aliphatic carbocycles. The molecule has 43 heavy (non-hydrogen) atoms. The van der Waals surface area contributed by atoms with E-state index in [1.807, 2.05) is 97.1 Å². The summed E-state index contributed by atoms with van der Waals surface area (Å²) in [6.45, 7) is 0. The van der Waals surface area contributed by atoms with Crippen molar-refractivity contribution in [3.63, 3.8) is 0 Å². The maximum absolute atomic E-state index is 5.59. The maximum Gasteiger partial charge on any atom is 0.233 e. The second-order valence-corrected chi connectivity index (χ2v) is 9.93. The average Bonchev–Trinajstić information content (AvgIpc) is 3.05. The lowest BCUT2D eigenvalue weighted by Gasteiger charge is -2.15. The number of nitrogens with one attached hydrogen (secondary N) is 3. The molecule has 0 unspecified atom stereocenters. The van der Waals surface area contributed by atoms with Crippen LogP contribution in [0.1, 0.15) is 0 Å². The van der Waals surface area contributed by atoms with Crippen molar-refractivity contribution in [1.82, 2.24) is 15.0 Å². The molecule has 0 atom stereocenters. The zero-order valence-electron chi connectivity index (χ0n) is 23.6. The largest absolute Gasteiger partial charge is 0.496 e. The van der Waals surface area contributed by atoms with Gasteiger partial charge in [-0.3, -0.25) is 0 Å². The number of hydrogen-bond acceptors (Lipinski definition) is 8. The van der Waals surface area contributed by atoms with E-state index in [2.05, 4.69) is 34.1 Å². The van der Waals surface area contributed by atoms with Crippen LogP contribution in [-0.4, -0.2) is 29.2 Å². The number of benzene rings is 6. The molecule has 0 fully saturated rings. The minimum absolute atomic E-state index is 0.383. The number of methoxy groups -OCH3 is 2. The van der Waals surface area contributed by atoms with E-state index in [0.29, 0.717) is 17.8 Å². The molecule has 6 aromatic carbocycles. The SMILES string of the molecule is COc1ccc(Nc2nc(Nc3cccc4ccccc34)nc(Nc3ccc(OC)c4ccccc34)n2)c2ccccc12.